The molecule has 2 aliphatic rings. The molecule has 16 heavy (non-hydrogen) atoms. The van der Waals surface area contributed by atoms with E-state index in [2.05, 4.69) is 0 Å². The molecule has 1 aliphatic carbocycles. The molecule has 1 saturated carbocycles. The molecule has 0 radical (unpaired) electrons. The van der Waals surface area contributed by atoms with Crippen molar-refractivity contribution in [3.8, 4) is 0 Å². The van der Waals surface area contributed by atoms with Crippen molar-refractivity contribution in [2.24, 2.45) is 5.41 Å². The van der Waals surface area contributed by atoms with Gasteiger partial charge >= 0.3 is 58.4 Å². The van der Waals surface area contributed by atoms with Gasteiger partial charge in [0.05, 0.1) is 0 Å². The number of hydrogen-bond donors (Lipinski definition) is 0. The Bertz CT molecular complexity index is 219. The molecule has 2 fully saturated rings. The van der Waals surface area contributed by atoms with Crippen LogP contribution in [0.5, 0.6) is 0 Å². The Balaban J connectivity index is 0.00000128. The summed E-state index contributed by atoms with van der Waals surface area (Å²) in [6.45, 7) is -3.32. The summed E-state index contributed by atoms with van der Waals surface area (Å²) in [5.74, 6) is 0. The first-order chi connectivity index (χ1) is 6.99. The molecule has 0 N–H and O–H groups in total. The van der Waals surface area contributed by atoms with Gasteiger partial charge in [-0.15, -0.1) is 0 Å². The molecule has 1 spiro atoms. The molecule has 0 aromatic heterocycles. The second kappa shape index (κ2) is 6.06. The zero-order valence-corrected chi connectivity index (χ0v) is 13.1. The Morgan fingerprint density at radius 2 is 1.44 bits per heavy atom. The van der Waals surface area contributed by atoms with Crippen LogP contribution in [0.2, 0.25) is 0 Å². The third-order valence-corrected chi connectivity index (χ3v) is 4.05. The molecule has 1 saturated heterocycles. The topological polar surface area (TPSA) is 3.24 Å². The molecular formula is C10H18BF3KN. The number of nitrogens with zero attached hydrogens (tertiary/aromatic N) is 1. The molecule has 6 heteroatoms. The predicted molar refractivity (Wildman–Crippen MR) is 55.7 cm³/mol. The van der Waals surface area contributed by atoms with Crippen LogP contribution in [0.25, 0.3) is 0 Å². The Labute approximate surface area is 138 Å². The fraction of sp³-hybridized carbons (Fsp3) is 1.00. The van der Waals surface area contributed by atoms with Gasteiger partial charge in [-0.05, 0) is 50.6 Å². The van der Waals surface area contributed by atoms with Crippen LogP contribution < -0.4 is 51.4 Å². The van der Waals surface area contributed by atoms with Crippen LogP contribution in [0.3, 0.4) is 0 Å². The first-order valence-corrected chi connectivity index (χ1v) is 5.93. The summed E-state index contributed by atoms with van der Waals surface area (Å²) in [7, 11) is 0. The van der Waals surface area contributed by atoms with Crippen molar-refractivity contribution < 1.29 is 64.3 Å². The molecule has 88 valence electrons. The van der Waals surface area contributed by atoms with Gasteiger partial charge in [0.1, 0.15) is 0 Å². The quantitative estimate of drug-likeness (QED) is 0.633. The zero-order chi connectivity index (χ0) is 10.9. The Morgan fingerprint density at radius 3 is 1.88 bits per heavy atom. The molecular weight excluding hydrogens is 241 g/mol. The molecule has 0 aromatic carbocycles. The number of likely N-dealkylation sites (tertiary alicyclic amines) is 1. The standard InChI is InChI=1S/C10H18BF3N.K/c12-11(13,14)9-15-7-5-10(6-8-15)3-1-2-4-10;/h1-9H2;/q-1;+1. The largest absolute Gasteiger partial charge is 1.00 e. The van der Waals surface area contributed by atoms with E-state index in [0.717, 1.165) is 12.8 Å². The Hall–Kier alpha value is 1.45. The van der Waals surface area contributed by atoms with E-state index in [0.29, 0.717) is 18.5 Å². The third kappa shape index (κ3) is 4.28. The predicted octanol–water partition coefficient (Wildman–Crippen LogP) is 0.0332. The summed E-state index contributed by atoms with van der Waals surface area (Å²) in [6, 6.07) is 0. The fourth-order valence-corrected chi connectivity index (χ4v) is 3.13. The van der Waals surface area contributed by atoms with Crippen molar-refractivity contribution in [2.45, 2.75) is 38.5 Å². The summed E-state index contributed by atoms with van der Waals surface area (Å²) >= 11 is 0. The maximum Gasteiger partial charge on any atom is 1.00 e. The molecule has 0 unspecified atom stereocenters. The molecule has 0 amide bonds. The van der Waals surface area contributed by atoms with Gasteiger partial charge in [0.25, 0.3) is 0 Å². The van der Waals surface area contributed by atoms with Gasteiger partial charge in [0.15, 0.2) is 0 Å². The van der Waals surface area contributed by atoms with Crippen LogP contribution >= 0.6 is 0 Å². The van der Waals surface area contributed by atoms with Gasteiger partial charge in [0.2, 0.25) is 0 Å². The number of piperidine rings is 1. The van der Waals surface area contributed by atoms with Gasteiger partial charge in [-0.2, -0.15) is 0 Å². The monoisotopic (exact) mass is 259 g/mol. The smallest absolute Gasteiger partial charge is 0.448 e. The van der Waals surface area contributed by atoms with E-state index in [1.165, 1.54) is 25.7 Å². The van der Waals surface area contributed by atoms with Gasteiger partial charge < -0.3 is 17.8 Å². The average Bonchev–Trinajstić information content (AvgIpc) is 2.56. The maximum absolute atomic E-state index is 12.2. The van der Waals surface area contributed by atoms with Crippen LogP contribution in [-0.2, 0) is 0 Å². The fourth-order valence-electron chi connectivity index (χ4n) is 3.13. The second-order valence-electron chi connectivity index (χ2n) is 5.22. The number of halogens is 3. The van der Waals surface area contributed by atoms with Gasteiger partial charge in [0, 0.05) is 0 Å². The van der Waals surface area contributed by atoms with Crippen LogP contribution in [-0.4, -0.2) is 31.4 Å². The summed E-state index contributed by atoms with van der Waals surface area (Å²) in [5.41, 5.74) is 0.426. The van der Waals surface area contributed by atoms with E-state index in [-0.39, 0.29) is 51.4 Å². The van der Waals surface area contributed by atoms with Gasteiger partial charge in [-0.25, -0.2) is 0 Å². The van der Waals surface area contributed by atoms with E-state index in [1.54, 1.807) is 4.90 Å². The molecule has 1 aliphatic heterocycles. The van der Waals surface area contributed by atoms with Crippen molar-refractivity contribution in [3.05, 3.63) is 0 Å². The van der Waals surface area contributed by atoms with E-state index in [4.69, 9.17) is 0 Å². The first kappa shape index (κ1) is 15.5. The van der Waals surface area contributed by atoms with Crippen LogP contribution in [0, 0.1) is 5.41 Å². The van der Waals surface area contributed by atoms with Crippen molar-refractivity contribution >= 4 is 6.98 Å². The van der Waals surface area contributed by atoms with Crippen LogP contribution in [0.4, 0.5) is 12.9 Å². The minimum atomic E-state index is -4.63. The summed E-state index contributed by atoms with van der Waals surface area (Å²) in [4.78, 5) is 1.59. The summed E-state index contributed by atoms with van der Waals surface area (Å²) in [5, 5.41) is 0. The third-order valence-electron chi connectivity index (χ3n) is 4.05. The van der Waals surface area contributed by atoms with Crippen molar-refractivity contribution in [2.75, 3.05) is 19.5 Å². The van der Waals surface area contributed by atoms with Gasteiger partial charge in [-0.1, -0.05) is 12.8 Å². The first-order valence-electron chi connectivity index (χ1n) is 5.93. The SMILES string of the molecule is F[B-](F)(F)CN1CCC2(CCCC2)CC1.[K+]. The van der Waals surface area contributed by atoms with Crippen molar-refractivity contribution in [1.29, 1.82) is 0 Å². The van der Waals surface area contributed by atoms with E-state index in [1.807, 2.05) is 0 Å². The zero-order valence-electron chi connectivity index (χ0n) is 10.0. The molecule has 0 aromatic rings. The van der Waals surface area contributed by atoms with Gasteiger partial charge in [-0.3, -0.25) is 0 Å². The summed E-state index contributed by atoms with van der Waals surface area (Å²) < 4.78 is 36.7. The molecule has 0 bridgehead atoms. The van der Waals surface area contributed by atoms with Crippen LogP contribution in [0.1, 0.15) is 38.5 Å². The molecule has 0 atom stereocenters. The van der Waals surface area contributed by atoms with E-state index < -0.39 is 13.4 Å². The normalized spacial score (nSPS) is 25.7. The maximum atomic E-state index is 12.2. The van der Waals surface area contributed by atoms with E-state index >= 15 is 0 Å². The number of rotatable bonds is 2. The number of hydrogen-bond acceptors (Lipinski definition) is 1. The van der Waals surface area contributed by atoms with E-state index in [9.17, 15) is 12.9 Å². The summed E-state index contributed by atoms with van der Waals surface area (Å²) in [6.07, 6.45) is 6.37. The van der Waals surface area contributed by atoms with Crippen LogP contribution in [0.15, 0.2) is 0 Å². The molecule has 2 rings (SSSR count). The second-order valence-corrected chi connectivity index (χ2v) is 5.22. The average molecular weight is 259 g/mol. The van der Waals surface area contributed by atoms with Crippen molar-refractivity contribution in [1.82, 2.24) is 4.90 Å². The minimum Gasteiger partial charge on any atom is -0.448 e. The minimum absolute atomic E-state index is 0. The Kier molecular flexibility index (Phi) is 5.88. The molecule has 1 heterocycles. The van der Waals surface area contributed by atoms with Crippen molar-refractivity contribution in [3.63, 3.8) is 0 Å². The molecule has 1 nitrogen and oxygen atoms in total. The Morgan fingerprint density at radius 1 is 0.938 bits per heavy atom.